The Labute approximate surface area is 98.0 Å². The summed E-state index contributed by atoms with van der Waals surface area (Å²) >= 11 is 0. The second-order valence-electron chi connectivity index (χ2n) is 3.03. The van der Waals surface area contributed by atoms with Crippen LogP contribution in [-0.2, 0) is 9.53 Å². The Hall–Kier alpha value is -2.53. The first-order valence-corrected chi connectivity index (χ1v) is 4.94. The molecule has 0 unspecified atom stereocenters. The van der Waals surface area contributed by atoms with Crippen molar-refractivity contribution < 1.29 is 9.53 Å². The molecule has 5 heteroatoms. The highest BCUT2D eigenvalue weighted by molar-refractivity contribution is 5.72. The van der Waals surface area contributed by atoms with Gasteiger partial charge in [0.1, 0.15) is 18.1 Å². The Balaban J connectivity index is 2.77. The second-order valence-corrected chi connectivity index (χ2v) is 3.03. The van der Waals surface area contributed by atoms with Crippen LogP contribution in [-0.4, -0.2) is 17.6 Å². The molecule has 1 heterocycles. The predicted octanol–water partition coefficient (Wildman–Crippen LogP) is 0.551. The smallest absolute Gasteiger partial charge is 0.317 e. The lowest BCUT2D eigenvalue weighted by Crippen LogP contribution is -2.09. The summed E-state index contributed by atoms with van der Waals surface area (Å²) < 4.78 is 4.69. The minimum atomic E-state index is -0.455. The van der Waals surface area contributed by atoms with Gasteiger partial charge in [-0.2, -0.15) is 5.26 Å². The van der Waals surface area contributed by atoms with Gasteiger partial charge in [0.15, 0.2) is 0 Å². The Morgan fingerprint density at radius 3 is 3.00 bits per heavy atom. The fourth-order valence-corrected chi connectivity index (χ4v) is 1.07. The van der Waals surface area contributed by atoms with E-state index in [1.165, 1.54) is 12.3 Å². The van der Waals surface area contributed by atoms with Gasteiger partial charge in [-0.05, 0) is 13.0 Å². The monoisotopic (exact) mass is 230 g/mol. The van der Waals surface area contributed by atoms with Crippen LogP contribution in [0.2, 0.25) is 0 Å². The summed E-state index contributed by atoms with van der Waals surface area (Å²) in [5.74, 6) is 4.87. The van der Waals surface area contributed by atoms with Gasteiger partial charge in [0.2, 0.25) is 0 Å². The first kappa shape index (κ1) is 12.5. The van der Waals surface area contributed by atoms with E-state index < -0.39 is 11.5 Å². The van der Waals surface area contributed by atoms with Crippen molar-refractivity contribution in [3.05, 3.63) is 33.7 Å². The summed E-state index contributed by atoms with van der Waals surface area (Å²) in [7, 11) is 0. The first-order chi connectivity index (χ1) is 8.17. The Bertz CT molecular complexity index is 570. The van der Waals surface area contributed by atoms with E-state index in [1.54, 1.807) is 13.0 Å². The van der Waals surface area contributed by atoms with E-state index >= 15 is 0 Å². The number of pyridine rings is 1. The third kappa shape index (κ3) is 3.84. The summed E-state index contributed by atoms with van der Waals surface area (Å²) in [6, 6.07) is 3.12. The molecular weight excluding hydrogens is 220 g/mol. The van der Waals surface area contributed by atoms with Crippen molar-refractivity contribution in [3.63, 3.8) is 0 Å². The van der Waals surface area contributed by atoms with Crippen molar-refractivity contribution in [1.29, 1.82) is 5.26 Å². The lowest BCUT2D eigenvalue weighted by Gasteiger charge is -1.94. The molecule has 86 valence electrons. The largest absolute Gasteiger partial charge is 0.465 e. The third-order valence-electron chi connectivity index (χ3n) is 1.79. The highest BCUT2D eigenvalue weighted by Crippen LogP contribution is 1.95. The van der Waals surface area contributed by atoms with E-state index in [2.05, 4.69) is 16.8 Å². The normalized spacial score (nSPS) is 8.71. The molecule has 0 amide bonds. The number of hydrogen-bond acceptors (Lipinski definition) is 4. The lowest BCUT2D eigenvalue weighted by molar-refractivity contribution is -0.141. The number of esters is 1. The highest BCUT2D eigenvalue weighted by Gasteiger charge is 1.99. The maximum Gasteiger partial charge on any atom is 0.317 e. The molecule has 0 saturated heterocycles. The van der Waals surface area contributed by atoms with Gasteiger partial charge in [0, 0.05) is 11.8 Å². The number of aromatic nitrogens is 1. The van der Waals surface area contributed by atoms with Crippen LogP contribution in [0, 0.1) is 23.2 Å². The van der Waals surface area contributed by atoms with Crippen molar-refractivity contribution in [2.75, 3.05) is 6.61 Å². The molecular formula is C12H10N2O3. The number of hydrogen-bond donors (Lipinski definition) is 1. The molecule has 1 N–H and O–H groups in total. The fourth-order valence-electron chi connectivity index (χ4n) is 1.07. The van der Waals surface area contributed by atoms with Gasteiger partial charge in [0.05, 0.1) is 6.61 Å². The Morgan fingerprint density at radius 2 is 2.35 bits per heavy atom. The molecule has 0 radical (unpaired) electrons. The number of carbonyl (C=O) groups is 1. The molecule has 0 spiro atoms. The van der Waals surface area contributed by atoms with Crippen LogP contribution in [0.3, 0.4) is 0 Å². The minimum absolute atomic E-state index is 0.00654. The van der Waals surface area contributed by atoms with Gasteiger partial charge >= 0.3 is 5.97 Å². The number of aromatic amines is 1. The van der Waals surface area contributed by atoms with Crippen molar-refractivity contribution in [1.82, 2.24) is 4.98 Å². The molecule has 0 fully saturated rings. The molecule has 0 atom stereocenters. The minimum Gasteiger partial charge on any atom is -0.465 e. The van der Waals surface area contributed by atoms with Crippen LogP contribution >= 0.6 is 0 Å². The Morgan fingerprint density at radius 1 is 1.59 bits per heavy atom. The summed E-state index contributed by atoms with van der Waals surface area (Å²) in [5, 5.41) is 8.63. The van der Waals surface area contributed by atoms with Crippen LogP contribution in [0.15, 0.2) is 17.1 Å². The summed E-state index contributed by atoms with van der Waals surface area (Å²) in [6.07, 6.45) is 1.37. The van der Waals surface area contributed by atoms with Crippen molar-refractivity contribution in [3.8, 4) is 17.9 Å². The molecule has 0 saturated carbocycles. The Kier molecular flexibility index (Phi) is 4.53. The van der Waals surface area contributed by atoms with Crippen LogP contribution in [0.25, 0.3) is 0 Å². The molecule has 17 heavy (non-hydrogen) atoms. The predicted molar refractivity (Wildman–Crippen MR) is 59.9 cm³/mol. The first-order valence-electron chi connectivity index (χ1n) is 4.94. The number of ether oxygens (including phenoxy) is 1. The zero-order chi connectivity index (χ0) is 12.7. The number of nitrogens with one attached hydrogen (secondary N) is 1. The van der Waals surface area contributed by atoms with E-state index in [4.69, 9.17) is 10.00 Å². The van der Waals surface area contributed by atoms with Gasteiger partial charge in [-0.3, -0.25) is 9.59 Å². The SMILES string of the molecule is CCOC(=O)CC#Cc1c[nH]c(=O)c(C#N)c1. The van der Waals surface area contributed by atoms with Gasteiger partial charge in [0.25, 0.3) is 5.56 Å². The maximum atomic E-state index is 11.1. The molecule has 5 nitrogen and oxygen atoms in total. The molecule has 0 aliphatic heterocycles. The average molecular weight is 230 g/mol. The number of nitrogens with zero attached hydrogens (tertiary/aromatic N) is 1. The van der Waals surface area contributed by atoms with E-state index in [9.17, 15) is 9.59 Å². The zero-order valence-corrected chi connectivity index (χ0v) is 9.24. The van der Waals surface area contributed by atoms with Gasteiger partial charge in [-0.25, -0.2) is 0 Å². The molecule has 1 rings (SSSR count). The number of nitriles is 1. The van der Waals surface area contributed by atoms with E-state index in [0.717, 1.165) is 0 Å². The van der Waals surface area contributed by atoms with Crippen LogP contribution < -0.4 is 5.56 Å². The molecule has 1 aromatic rings. The molecule has 0 aromatic carbocycles. The molecule has 1 aromatic heterocycles. The number of rotatable bonds is 2. The van der Waals surface area contributed by atoms with E-state index in [-0.39, 0.29) is 12.0 Å². The van der Waals surface area contributed by atoms with Crippen LogP contribution in [0.1, 0.15) is 24.5 Å². The molecule has 0 bridgehead atoms. The maximum absolute atomic E-state index is 11.1. The van der Waals surface area contributed by atoms with Gasteiger partial charge in [-0.1, -0.05) is 11.8 Å². The summed E-state index contributed by atoms with van der Waals surface area (Å²) in [5.41, 5.74) is 0.0156. The molecule has 0 aliphatic carbocycles. The van der Waals surface area contributed by atoms with Crippen molar-refractivity contribution in [2.24, 2.45) is 0 Å². The average Bonchev–Trinajstić information content (AvgIpc) is 2.31. The number of H-pyrrole nitrogens is 1. The number of carbonyl (C=O) groups excluding carboxylic acids is 1. The second kappa shape index (κ2) is 6.14. The summed E-state index contributed by atoms with van der Waals surface area (Å²) in [6.45, 7) is 2.03. The third-order valence-corrected chi connectivity index (χ3v) is 1.79. The standard InChI is InChI=1S/C12H10N2O3/c1-2-17-11(15)5-3-4-9-6-10(7-13)12(16)14-8-9/h6,8H,2,5H2,1H3,(H,14,16). The van der Waals surface area contributed by atoms with Crippen molar-refractivity contribution in [2.45, 2.75) is 13.3 Å². The molecule has 0 aliphatic rings. The zero-order valence-electron chi connectivity index (χ0n) is 9.24. The topological polar surface area (TPSA) is 83.0 Å². The van der Waals surface area contributed by atoms with Crippen LogP contribution in [0.5, 0.6) is 0 Å². The van der Waals surface area contributed by atoms with Crippen molar-refractivity contribution >= 4 is 5.97 Å². The highest BCUT2D eigenvalue weighted by atomic mass is 16.5. The van der Waals surface area contributed by atoms with E-state index in [1.807, 2.05) is 0 Å². The van der Waals surface area contributed by atoms with Gasteiger partial charge in [-0.15, -0.1) is 0 Å². The summed E-state index contributed by atoms with van der Waals surface area (Å²) in [4.78, 5) is 24.4. The van der Waals surface area contributed by atoms with E-state index in [0.29, 0.717) is 12.2 Å². The fraction of sp³-hybridized carbons (Fsp3) is 0.250. The quantitative estimate of drug-likeness (QED) is 0.594. The lowest BCUT2D eigenvalue weighted by atomic mass is 10.2. The van der Waals surface area contributed by atoms with Crippen LogP contribution in [0.4, 0.5) is 0 Å². The van der Waals surface area contributed by atoms with Gasteiger partial charge < -0.3 is 9.72 Å².